The SMILES string of the molecule is COC(=O)CCCC(C)(C)CCC(=O)CCC(=O)CCC(C)(C)CCCC(=O)OC. The van der Waals surface area contributed by atoms with Gasteiger partial charge in [-0.05, 0) is 49.4 Å². The van der Waals surface area contributed by atoms with E-state index in [4.69, 9.17) is 0 Å². The van der Waals surface area contributed by atoms with Gasteiger partial charge in [-0.25, -0.2) is 0 Å². The largest absolute Gasteiger partial charge is 0.469 e. The van der Waals surface area contributed by atoms with Gasteiger partial charge in [0.05, 0.1) is 14.2 Å². The van der Waals surface area contributed by atoms with Crippen molar-refractivity contribution in [2.45, 2.75) is 105 Å². The van der Waals surface area contributed by atoms with E-state index in [0.29, 0.717) is 38.5 Å². The van der Waals surface area contributed by atoms with E-state index in [9.17, 15) is 19.2 Å². The Labute approximate surface area is 182 Å². The molecule has 30 heavy (non-hydrogen) atoms. The Morgan fingerprint density at radius 2 is 0.867 bits per heavy atom. The third-order valence-electron chi connectivity index (χ3n) is 5.77. The van der Waals surface area contributed by atoms with E-state index in [0.717, 1.165) is 38.5 Å². The predicted molar refractivity (Wildman–Crippen MR) is 117 cm³/mol. The maximum absolute atomic E-state index is 12.2. The molecule has 0 radical (unpaired) electrons. The summed E-state index contributed by atoms with van der Waals surface area (Å²) in [6, 6.07) is 0. The summed E-state index contributed by atoms with van der Waals surface area (Å²) in [5.41, 5.74) is -0.0240. The van der Waals surface area contributed by atoms with Gasteiger partial charge in [0.15, 0.2) is 0 Å². The number of ketones is 2. The molecule has 0 rings (SSSR count). The van der Waals surface area contributed by atoms with Gasteiger partial charge in [0.25, 0.3) is 0 Å². The third kappa shape index (κ3) is 15.2. The first-order valence-corrected chi connectivity index (χ1v) is 11.1. The van der Waals surface area contributed by atoms with Crippen LogP contribution in [0.5, 0.6) is 0 Å². The Morgan fingerprint density at radius 3 is 1.17 bits per heavy atom. The highest BCUT2D eigenvalue weighted by molar-refractivity contribution is 5.86. The van der Waals surface area contributed by atoms with E-state index < -0.39 is 0 Å². The Bertz CT molecular complexity index is 512. The number of ether oxygens (including phenoxy) is 2. The molecule has 0 aliphatic heterocycles. The summed E-state index contributed by atoms with van der Waals surface area (Å²) in [6.07, 6.45) is 7.10. The number of methoxy groups -OCH3 is 2. The van der Waals surface area contributed by atoms with Crippen molar-refractivity contribution in [1.82, 2.24) is 0 Å². The van der Waals surface area contributed by atoms with Crippen LogP contribution in [0.1, 0.15) is 105 Å². The van der Waals surface area contributed by atoms with Crippen molar-refractivity contribution < 1.29 is 28.7 Å². The second kappa shape index (κ2) is 14.3. The molecule has 0 unspecified atom stereocenters. The van der Waals surface area contributed by atoms with Crippen molar-refractivity contribution in [3.63, 3.8) is 0 Å². The average Bonchev–Trinajstić information content (AvgIpc) is 2.68. The normalized spacial score (nSPS) is 11.8. The molecule has 0 aromatic carbocycles. The Hall–Kier alpha value is -1.72. The molecule has 0 aromatic heterocycles. The van der Waals surface area contributed by atoms with Crippen molar-refractivity contribution in [2.24, 2.45) is 10.8 Å². The molecule has 0 aliphatic carbocycles. The van der Waals surface area contributed by atoms with Crippen LogP contribution in [0.25, 0.3) is 0 Å². The molecule has 0 saturated carbocycles. The molecule has 6 heteroatoms. The van der Waals surface area contributed by atoms with E-state index in [-0.39, 0.29) is 34.3 Å². The summed E-state index contributed by atoms with van der Waals surface area (Å²) in [4.78, 5) is 46.8. The highest BCUT2D eigenvalue weighted by atomic mass is 16.5. The molecule has 0 amide bonds. The molecule has 174 valence electrons. The maximum atomic E-state index is 12.2. The third-order valence-corrected chi connectivity index (χ3v) is 5.77. The Morgan fingerprint density at radius 1 is 0.533 bits per heavy atom. The molecule has 6 nitrogen and oxygen atoms in total. The molecule has 0 aliphatic rings. The first-order valence-electron chi connectivity index (χ1n) is 11.1. The van der Waals surface area contributed by atoms with Crippen molar-refractivity contribution in [3.05, 3.63) is 0 Å². The molecule has 0 fully saturated rings. The van der Waals surface area contributed by atoms with Gasteiger partial charge >= 0.3 is 11.9 Å². The minimum Gasteiger partial charge on any atom is -0.469 e. The van der Waals surface area contributed by atoms with E-state index in [1.165, 1.54) is 14.2 Å². The van der Waals surface area contributed by atoms with Crippen molar-refractivity contribution >= 4 is 23.5 Å². The molecule has 0 saturated heterocycles. The number of hydrogen-bond donors (Lipinski definition) is 0. The van der Waals surface area contributed by atoms with Gasteiger partial charge < -0.3 is 9.47 Å². The summed E-state index contributed by atoms with van der Waals surface area (Å²) in [6.45, 7) is 8.41. The Kier molecular flexibility index (Phi) is 13.5. The van der Waals surface area contributed by atoms with Gasteiger partial charge in [-0.2, -0.15) is 0 Å². The first kappa shape index (κ1) is 28.3. The summed E-state index contributed by atoms with van der Waals surface area (Å²) in [5, 5.41) is 0. The molecular weight excluding hydrogens is 384 g/mol. The van der Waals surface area contributed by atoms with Gasteiger partial charge in [0.1, 0.15) is 11.6 Å². The number of carbonyl (C=O) groups excluding carboxylic acids is 4. The lowest BCUT2D eigenvalue weighted by Crippen LogP contribution is -2.16. The van der Waals surface area contributed by atoms with Crippen LogP contribution in [0, 0.1) is 10.8 Å². The van der Waals surface area contributed by atoms with E-state index >= 15 is 0 Å². The molecular formula is C24H42O6. The van der Waals surface area contributed by atoms with Gasteiger partial charge in [-0.15, -0.1) is 0 Å². The second-order valence-electron chi connectivity index (χ2n) is 9.77. The lowest BCUT2D eigenvalue weighted by atomic mass is 9.81. The zero-order valence-electron chi connectivity index (χ0n) is 19.9. The number of rotatable bonds is 17. The minimum absolute atomic E-state index is 0.0120. The van der Waals surface area contributed by atoms with Gasteiger partial charge in [-0.3, -0.25) is 19.2 Å². The van der Waals surface area contributed by atoms with Crippen LogP contribution in [0.4, 0.5) is 0 Å². The van der Waals surface area contributed by atoms with Crippen LogP contribution in [0.15, 0.2) is 0 Å². The number of carbonyl (C=O) groups is 4. The van der Waals surface area contributed by atoms with Crippen LogP contribution in [-0.2, 0) is 28.7 Å². The highest BCUT2D eigenvalue weighted by Gasteiger charge is 2.22. The number of esters is 2. The van der Waals surface area contributed by atoms with Crippen LogP contribution < -0.4 is 0 Å². The smallest absolute Gasteiger partial charge is 0.305 e. The number of Topliss-reactive ketones (excluding diaryl/α,β-unsaturated/α-hetero) is 2. The summed E-state index contributed by atoms with van der Waals surface area (Å²) < 4.78 is 9.30. The fourth-order valence-corrected chi connectivity index (χ4v) is 3.36. The maximum Gasteiger partial charge on any atom is 0.305 e. The average molecular weight is 427 g/mol. The lowest BCUT2D eigenvalue weighted by Gasteiger charge is -2.24. The van der Waals surface area contributed by atoms with Gasteiger partial charge in [0.2, 0.25) is 0 Å². The lowest BCUT2D eigenvalue weighted by molar-refractivity contribution is -0.141. The monoisotopic (exact) mass is 426 g/mol. The van der Waals surface area contributed by atoms with Crippen LogP contribution in [-0.4, -0.2) is 37.7 Å². The molecule has 0 aromatic rings. The quantitative estimate of drug-likeness (QED) is 0.297. The summed E-state index contributed by atoms with van der Waals surface area (Å²) >= 11 is 0. The summed E-state index contributed by atoms with van der Waals surface area (Å²) in [7, 11) is 2.78. The standard InChI is InChI=1S/C24H42O6/c1-23(2,15-7-9-21(27)29-5)17-13-19(25)11-12-20(26)14-18-24(3,4)16-8-10-22(28)30-6/h7-18H2,1-6H3. The second-order valence-corrected chi connectivity index (χ2v) is 9.77. The van der Waals surface area contributed by atoms with E-state index in [1.807, 2.05) is 0 Å². The number of hydrogen-bond acceptors (Lipinski definition) is 6. The molecule has 0 heterocycles. The van der Waals surface area contributed by atoms with Gasteiger partial charge in [0, 0.05) is 38.5 Å². The van der Waals surface area contributed by atoms with Crippen molar-refractivity contribution in [2.75, 3.05) is 14.2 Å². The van der Waals surface area contributed by atoms with Gasteiger partial charge in [-0.1, -0.05) is 27.7 Å². The first-order chi connectivity index (χ1) is 13.9. The fourth-order valence-electron chi connectivity index (χ4n) is 3.36. The Balaban J connectivity index is 4.05. The van der Waals surface area contributed by atoms with Crippen LogP contribution in [0.3, 0.4) is 0 Å². The summed E-state index contributed by atoms with van der Waals surface area (Å²) in [5.74, 6) is -0.150. The van der Waals surface area contributed by atoms with E-state index in [2.05, 4.69) is 37.2 Å². The zero-order valence-corrected chi connectivity index (χ0v) is 19.9. The topological polar surface area (TPSA) is 86.7 Å². The zero-order chi connectivity index (χ0) is 23.2. The molecule has 0 bridgehead atoms. The van der Waals surface area contributed by atoms with E-state index in [1.54, 1.807) is 0 Å². The van der Waals surface area contributed by atoms with Crippen LogP contribution >= 0.6 is 0 Å². The molecule has 0 N–H and O–H groups in total. The highest BCUT2D eigenvalue weighted by Crippen LogP contribution is 2.30. The minimum atomic E-state index is -0.202. The molecule has 0 atom stereocenters. The van der Waals surface area contributed by atoms with Crippen molar-refractivity contribution in [1.29, 1.82) is 0 Å². The van der Waals surface area contributed by atoms with Crippen molar-refractivity contribution in [3.8, 4) is 0 Å². The predicted octanol–water partition coefficient (Wildman–Crippen LogP) is 5.20. The fraction of sp³-hybridized carbons (Fsp3) is 0.833. The molecule has 0 spiro atoms. The van der Waals surface area contributed by atoms with Crippen LogP contribution in [0.2, 0.25) is 0 Å².